The molecule has 2 aromatic rings. The van der Waals surface area contributed by atoms with Crippen LogP contribution in [0.15, 0.2) is 46.4 Å². The van der Waals surface area contributed by atoms with Gasteiger partial charge < -0.3 is 9.80 Å². The second-order valence-corrected chi connectivity index (χ2v) is 18.6. The molecular weight excluding hydrogens is 560 g/mol. The standard InChI is InChI=1S/C42H66N4/c1-17-27(3)35-25-45(33-21-29(39(5,6)7)19-30(22-33)40(8,9)10)37(43-35)38-44-36(28(4)18-2)26-46(38)34-23-31(41(11,12)13)20-32(24-34)42(14,15)16/h19-24,27-28,35-36H,17-18,25-26H2,1-16H3/t27?,28?,35-,36-/m1/s1. The van der Waals surface area contributed by atoms with E-state index in [1.165, 1.54) is 33.6 Å². The van der Waals surface area contributed by atoms with Crippen molar-refractivity contribution in [2.45, 2.75) is 157 Å². The van der Waals surface area contributed by atoms with Crippen LogP contribution in [0, 0.1) is 11.8 Å². The van der Waals surface area contributed by atoms with Crippen molar-refractivity contribution in [3.63, 3.8) is 0 Å². The summed E-state index contributed by atoms with van der Waals surface area (Å²) >= 11 is 0. The molecule has 2 aliphatic heterocycles. The quantitative estimate of drug-likeness (QED) is 0.306. The Hall–Kier alpha value is -2.62. The van der Waals surface area contributed by atoms with Gasteiger partial charge in [0.2, 0.25) is 0 Å². The second kappa shape index (κ2) is 12.8. The van der Waals surface area contributed by atoms with E-state index in [0.29, 0.717) is 11.8 Å². The molecule has 4 nitrogen and oxygen atoms in total. The summed E-state index contributed by atoms with van der Waals surface area (Å²) in [5.41, 5.74) is 8.14. The lowest BCUT2D eigenvalue weighted by molar-refractivity contribution is 0.464. The van der Waals surface area contributed by atoms with Crippen LogP contribution < -0.4 is 9.80 Å². The van der Waals surface area contributed by atoms with Crippen LogP contribution in [-0.2, 0) is 21.7 Å². The zero-order chi connectivity index (χ0) is 34.6. The second-order valence-electron chi connectivity index (χ2n) is 18.6. The molecule has 0 saturated heterocycles. The monoisotopic (exact) mass is 627 g/mol. The SMILES string of the molecule is CCC(C)[C@H]1CN(c2cc(C(C)(C)C)cc(C(C)(C)C)c2)C(C2=N[C@@H](C(C)CC)CN2c2cc(C(C)(C)C)cc(C(C)(C)C)c2)=N1. The van der Waals surface area contributed by atoms with Gasteiger partial charge in [-0.15, -0.1) is 0 Å². The predicted octanol–water partition coefficient (Wildman–Crippen LogP) is 10.8. The van der Waals surface area contributed by atoms with Crippen molar-refractivity contribution in [1.82, 2.24) is 0 Å². The minimum absolute atomic E-state index is 0.0401. The summed E-state index contributed by atoms with van der Waals surface area (Å²) in [6.45, 7) is 39.0. The fourth-order valence-corrected chi connectivity index (χ4v) is 6.32. The van der Waals surface area contributed by atoms with Crippen molar-refractivity contribution in [3.05, 3.63) is 58.7 Å². The van der Waals surface area contributed by atoms with Crippen LogP contribution in [0.3, 0.4) is 0 Å². The maximum Gasteiger partial charge on any atom is 0.172 e. The number of hydrogen-bond acceptors (Lipinski definition) is 4. The Morgan fingerprint density at radius 3 is 1.00 bits per heavy atom. The molecule has 2 aromatic carbocycles. The van der Waals surface area contributed by atoms with Crippen molar-refractivity contribution in [3.8, 4) is 0 Å². The molecule has 0 spiro atoms. The van der Waals surface area contributed by atoms with Crippen molar-refractivity contribution in [1.29, 1.82) is 0 Å². The Labute approximate surface area is 283 Å². The number of anilines is 2. The predicted molar refractivity (Wildman–Crippen MR) is 204 cm³/mol. The van der Waals surface area contributed by atoms with Gasteiger partial charge in [-0.05, 0) is 80.0 Å². The fraction of sp³-hybridized carbons (Fsp3) is 0.667. The summed E-state index contributed by atoms with van der Waals surface area (Å²) in [7, 11) is 0. The average Bonchev–Trinajstić information content (AvgIpc) is 3.59. The number of nitrogens with zero attached hydrogens (tertiary/aromatic N) is 4. The summed E-state index contributed by atoms with van der Waals surface area (Å²) in [4.78, 5) is 16.2. The van der Waals surface area contributed by atoms with Crippen LogP contribution in [-0.4, -0.2) is 36.8 Å². The third kappa shape index (κ3) is 7.74. The third-order valence-corrected chi connectivity index (χ3v) is 10.6. The minimum Gasteiger partial charge on any atom is -0.321 e. The molecule has 254 valence electrons. The first-order valence-electron chi connectivity index (χ1n) is 18.1. The Balaban J connectivity index is 1.96. The zero-order valence-corrected chi connectivity index (χ0v) is 32.4. The van der Waals surface area contributed by atoms with E-state index >= 15 is 0 Å². The highest BCUT2D eigenvalue weighted by Gasteiger charge is 2.40. The Kier molecular flexibility index (Phi) is 10.1. The minimum atomic E-state index is 0.0401. The van der Waals surface area contributed by atoms with Gasteiger partial charge >= 0.3 is 0 Å². The molecule has 46 heavy (non-hydrogen) atoms. The largest absolute Gasteiger partial charge is 0.321 e. The summed E-state index contributed by atoms with van der Waals surface area (Å²) < 4.78 is 0. The number of benzene rings is 2. The number of amidine groups is 2. The van der Waals surface area contributed by atoms with E-state index in [0.717, 1.165) is 37.6 Å². The molecule has 0 aromatic heterocycles. The lowest BCUT2D eigenvalue weighted by atomic mass is 9.80. The Bertz CT molecular complexity index is 1270. The molecule has 0 fully saturated rings. The van der Waals surface area contributed by atoms with Gasteiger partial charge in [0.25, 0.3) is 0 Å². The fourth-order valence-electron chi connectivity index (χ4n) is 6.32. The molecule has 4 atom stereocenters. The number of hydrogen-bond donors (Lipinski definition) is 0. The smallest absolute Gasteiger partial charge is 0.172 e. The third-order valence-electron chi connectivity index (χ3n) is 10.6. The van der Waals surface area contributed by atoms with Crippen LogP contribution in [0.5, 0.6) is 0 Å². The van der Waals surface area contributed by atoms with Crippen LogP contribution in [0.2, 0.25) is 0 Å². The van der Waals surface area contributed by atoms with Gasteiger partial charge in [0.15, 0.2) is 11.7 Å². The van der Waals surface area contributed by atoms with Crippen molar-refractivity contribution in [2.75, 3.05) is 22.9 Å². The molecule has 0 amide bonds. The molecule has 4 rings (SSSR count). The van der Waals surface area contributed by atoms with E-state index in [2.05, 4.69) is 157 Å². The lowest BCUT2D eigenvalue weighted by Gasteiger charge is -2.32. The van der Waals surface area contributed by atoms with E-state index < -0.39 is 0 Å². The molecule has 2 aliphatic rings. The summed E-state index contributed by atoms with van der Waals surface area (Å²) in [6, 6.07) is 15.0. The maximum atomic E-state index is 5.59. The molecule has 0 N–H and O–H groups in total. The normalized spacial score (nSPS) is 21.0. The number of rotatable bonds is 7. The molecule has 0 radical (unpaired) electrons. The van der Waals surface area contributed by atoms with Gasteiger partial charge in [0.05, 0.1) is 12.1 Å². The lowest BCUT2D eigenvalue weighted by Crippen LogP contribution is -2.43. The molecule has 0 saturated carbocycles. The van der Waals surface area contributed by atoms with E-state index in [1.807, 2.05) is 0 Å². The van der Waals surface area contributed by atoms with Crippen LogP contribution in [0.4, 0.5) is 11.4 Å². The van der Waals surface area contributed by atoms with E-state index in [4.69, 9.17) is 9.98 Å². The Morgan fingerprint density at radius 2 is 0.783 bits per heavy atom. The zero-order valence-electron chi connectivity index (χ0n) is 32.4. The van der Waals surface area contributed by atoms with Gasteiger partial charge in [-0.25, -0.2) is 0 Å². The summed E-state index contributed by atoms with van der Waals surface area (Å²) in [5, 5.41) is 0. The summed E-state index contributed by atoms with van der Waals surface area (Å²) in [5.74, 6) is 3.07. The van der Waals surface area contributed by atoms with E-state index in [9.17, 15) is 0 Å². The van der Waals surface area contributed by atoms with Gasteiger partial charge in [0.1, 0.15) is 0 Å². The Morgan fingerprint density at radius 1 is 0.522 bits per heavy atom. The molecule has 2 unspecified atom stereocenters. The van der Waals surface area contributed by atoms with Gasteiger partial charge in [0, 0.05) is 24.5 Å². The van der Waals surface area contributed by atoms with E-state index in [1.54, 1.807) is 0 Å². The highest BCUT2D eigenvalue weighted by molar-refractivity contribution is 6.50. The first-order chi connectivity index (χ1) is 21.0. The van der Waals surface area contributed by atoms with Crippen LogP contribution in [0.25, 0.3) is 0 Å². The first-order valence-corrected chi connectivity index (χ1v) is 18.1. The number of aliphatic imine (C=N–C) groups is 2. The van der Waals surface area contributed by atoms with Gasteiger partial charge in [-0.1, -0.05) is 136 Å². The van der Waals surface area contributed by atoms with Gasteiger partial charge in [-0.2, -0.15) is 0 Å². The highest BCUT2D eigenvalue weighted by atomic mass is 15.4. The molecule has 0 bridgehead atoms. The molecule has 4 heteroatoms. The molecule has 0 aliphatic carbocycles. The highest BCUT2D eigenvalue weighted by Crippen LogP contribution is 2.39. The maximum absolute atomic E-state index is 5.59. The molecule has 2 heterocycles. The topological polar surface area (TPSA) is 31.2 Å². The molecular formula is C42H66N4. The first kappa shape index (κ1) is 36.2. The van der Waals surface area contributed by atoms with E-state index in [-0.39, 0.29) is 33.7 Å². The van der Waals surface area contributed by atoms with Crippen LogP contribution in [0.1, 0.15) is 146 Å². The summed E-state index contributed by atoms with van der Waals surface area (Å²) in [6.07, 6.45) is 2.22. The van der Waals surface area contributed by atoms with Crippen molar-refractivity contribution < 1.29 is 0 Å². The van der Waals surface area contributed by atoms with Crippen LogP contribution >= 0.6 is 0 Å². The van der Waals surface area contributed by atoms with Crippen molar-refractivity contribution >= 4 is 23.0 Å². The average molecular weight is 627 g/mol. The van der Waals surface area contributed by atoms with Gasteiger partial charge in [-0.3, -0.25) is 9.98 Å². The van der Waals surface area contributed by atoms with Crippen molar-refractivity contribution in [2.24, 2.45) is 21.8 Å².